The van der Waals surface area contributed by atoms with Gasteiger partial charge in [0.15, 0.2) is 5.82 Å². The number of aromatic nitrogens is 3. The first-order valence-corrected chi connectivity index (χ1v) is 11.5. The van der Waals surface area contributed by atoms with Crippen LogP contribution in [0.25, 0.3) is 33.3 Å². The lowest BCUT2D eigenvalue weighted by Crippen LogP contribution is -2.50. The average Bonchev–Trinajstić information content (AvgIpc) is 2.92. The third kappa shape index (κ3) is 4.47. The van der Waals surface area contributed by atoms with Crippen LogP contribution in [0, 0.1) is 5.82 Å². The molecule has 1 fully saturated rings. The molecule has 0 spiro atoms. The second-order valence-electron chi connectivity index (χ2n) is 8.55. The molecule has 5 rings (SSSR count). The first kappa shape index (κ1) is 23.3. The number of hydrogen-bond donors (Lipinski definition) is 0. The normalized spacial score (nSPS) is 13.6. The smallest absolute Gasteiger partial charge is 0.253 e. The summed E-state index contributed by atoms with van der Waals surface area (Å²) in [5.74, 6) is -0.672. The van der Waals surface area contributed by atoms with E-state index >= 15 is 0 Å². The lowest BCUT2D eigenvalue weighted by molar-refractivity contribution is -0.130. The van der Waals surface area contributed by atoms with Crippen LogP contribution in [-0.4, -0.2) is 69.9 Å². The number of rotatable bonds is 4. The summed E-state index contributed by atoms with van der Waals surface area (Å²) in [5.41, 5.74) is 4.06. The average molecular weight is 486 g/mol. The van der Waals surface area contributed by atoms with Crippen molar-refractivity contribution in [1.29, 1.82) is 0 Å². The Morgan fingerprint density at radius 1 is 0.889 bits per heavy atom. The molecule has 1 saturated heterocycles. The van der Waals surface area contributed by atoms with Gasteiger partial charge in [0.1, 0.15) is 6.33 Å². The van der Waals surface area contributed by atoms with E-state index in [0.29, 0.717) is 43.0 Å². The molecule has 182 valence electrons. The van der Waals surface area contributed by atoms with E-state index in [2.05, 4.69) is 15.0 Å². The highest BCUT2D eigenvalue weighted by Crippen LogP contribution is 2.31. The summed E-state index contributed by atoms with van der Waals surface area (Å²) in [6.07, 6.45) is 3.04. The Bertz CT molecular complexity index is 1470. The van der Waals surface area contributed by atoms with Crippen LogP contribution >= 0.6 is 0 Å². The van der Waals surface area contributed by atoms with Gasteiger partial charge in [0, 0.05) is 61.4 Å². The fraction of sp³-hybridized carbons (Fsp3) is 0.222. The van der Waals surface area contributed by atoms with Crippen molar-refractivity contribution < 1.29 is 18.7 Å². The molecule has 4 aromatic rings. The standard InChI is InChI=1S/C27H24FN5O3/c1-17(34)32-8-10-33(11-9-32)27(35)20-5-3-4-19(12-20)25-22-13-18(6-7-24(22)30-16-31-25)21-14-23(28)26(36-2)29-15-21/h3-7,12-16H,8-11H2,1-2H3. The second-order valence-corrected chi connectivity index (χ2v) is 8.55. The van der Waals surface area contributed by atoms with Crippen molar-refractivity contribution in [3.8, 4) is 28.3 Å². The molecule has 0 bridgehead atoms. The number of pyridine rings is 1. The van der Waals surface area contributed by atoms with Crippen molar-refractivity contribution in [1.82, 2.24) is 24.8 Å². The van der Waals surface area contributed by atoms with Gasteiger partial charge in [0.05, 0.1) is 18.3 Å². The van der Waals surface area contributed by atoms with Crippen LogP contribution in [0.5, 0.6) is 5.88 Å². The third-order valence-corrected chi connectivity index (χ3v) is 6.36. The van der Waals surface area contributed by atoms with Crippen molar-refractivity contribution in [2.45, 2.75) is 6.92 Å². The Morgan fingerprint density at radius 3 is 2.39 bits per heavy atom. The number of fused-ring (bicyclic) bond motifs is 1. The van der Waals surface area contributed by atoms with Gasteiger partial charge in [-0.1, -0.05) is 18.2 Å². The van der Waals surface area contributed by atoms with Gasteiger partial charge in [0.2, 0.25) is 11.8 Å². The molecule has 0 aliphatic carbocycles. The van der Waals surface area contributed by atoms with Gasteiger partial charge in [-0.05, 0) is 35.9 Å². The molecule has 2 amide bonds. The molecule has 0 radical (unpaired) electrons. The van der Waals surface area contributed by atoms with Gasteiger partial charge < -0.3 is 14.5 Å². The Labute approximate surface area is 207 Å². The first-order chi connectivity index (χ1) is 17.4. The summed E-state index contributed by atoms with van der Waals surface area (Å²) in [6, 6.07) is 14.3. The number of halogens is 1. The number of carbonyl (C=O) groups is 2. The fourth-order valence-corrected chi connectivity index (χ4v) is 4.41. The number of piperazine rings is 1. The van der Waals surface area contributed by atoms with E-state index in [1.165, 1.54) is 19.5 Å². The van der Waals surface area contributed by atoms with E-state index < -0.39 is 5.82 Å². The van der Waals surface area contributed by atoms with E-state index in [-0.39, 0.29) is 17.7 Å². The summed E-state index contributed by atoms with van der Waals surface area (Å²) in [7, 11) is 1.37. The Kier molecular flexibility index (Phi) is 6.28. The van der Waals surface area contributed by atoms with Gasteiger partial charge >= 0.3 is 0 Å². The molecule has 0 atom stereocenters. The number of hydrogen-bond acceptors (Lipinski definition) is 6. The molecule has 0 unspecified atom stereocenters. The Balaban J connectivity index is 1.48. The van der Waals surface area contributed by atoms with E-state index in [1.54, 1.807) is 29.0 Å². The minimum atomic E-state index is -0.546. The minimum absolute atomic E-state index is 0.0206. The Hall–Kier alpha value is -4.40. The molecule has 2 aromatic carbocycles. The zero-order valence-electron chi connectivity index (χ0n) is 19.9. The zero-order valence-corrected chi connectivity index (χ0v) is 19.9. The number of carbonyl (C=O) groups excluding carboxylic acids is 2. The molecule has 0 saturated carbocycles. The molecule has 1 aliphatic rings. The first-order valence-electron chi connectivity index (χ1n) is 11.5. The lowest BCUT2D eigenvalue weighted by Gasteiger charge is -2.34. The highest BCUT2D eigenvalue weighted by molar-refractivity contribution is 5.98. The van der Waals surface area contributed by atoms with Crippen LogP contribution in [0.3, 0.4) is 0 Å². The van der Waals surface area contributed by atoms with Crippen molar-refractivity contribution in [3.05, 3.63) is 72.4 Å². The largest absolute Gasteiger partial charge is 0.479 e. The molecule has 8 nitrogen and oxygen atoms in total. The maximum Gasteiger partial charge on any atom is 0.253 e. The van der Waals surface area contributed by atoms with Gasteiger partial charge in [0.25, 0.3) is 5.91 Å². The van der Waals surface area contributed by atoms with Crippen molar-refractivity contribution in [2.24, 2.45) is 0 Å². The maximum absolute atomic E-state index is 14.3. The highest BCUT2D eigenvalue weighted by Gasteiger charge is 2.23. The van der Waals surface area contributed by atoms with E-state index in [0.717, 1.165) is 22.0 Å². The number of ether oxygens (including phenoxy) is 1. The van der Waals surface area contributed by atoms with Crippen molar-refractivity contribution in [3.63, 3.8) is 0 Å². The Morgan fingerprint density at radius 2 is 1.67 bits per heavy atom. The lowest BCUT2D eigenvalue weighted by atomic mass is 10.00. The van der Waals surface area contributed by atoms with Crippen LogP contribution in [0.1, 0.15) is 17.3 Å². The maximum atomic E-state index is 14.3. The van der Waals surface area contributed by atoms with Crippen molar-refractivity contribution >= 4 is 22.7 Å². The molecular formula is C27H24FN5O3. The molecule has 9 heteroatoms. The predicted octanol–water partition coefficient (Wildman–Crippen LogP) is 3.81. The molecule has 3 heterocycles. The summed E-state index contributed by atoms with van der Waals surface area (Å²) in [4.78, 5) is 41.2. The second kappa shape index (κ2) is 9.69. The molecule has 1 aliphatic heterocycles. The van der Waals surface area contributed by atoms with Gasteiger partial charge in [-0.25, -0.2) is 19.3 Å². The summed E-state index contributed by atoms with van der Waals surface area (Å²) in [5, 5.41) is 0.769. The van der Waals surface area contributed by atoms with Gasteiger partial charge in [-0.3, -0.25) is 9.59 Å². The van der Waals surface area contributed by atoms with Crippen molar-refractivity contribution in [2.75, 3.05) is 33.3 Å². The fourth-order valence-electron chi connectivity index (χ4n) is 4.41. The van der Waals surface area contributed by atoms with Crippen LogP contribution in [0.2, 0.25) is 0 Å². The monoisotopic (exact) mass is 485 g/mol. The van der Waals surface area contributed by atoms with Crippen LogP contribution < -0.4 is 4.74 Å². The molecule has 0 N–H and O–H groups in total. The zero-order chi connectivity index (χ0) is 25.2. The van der Waals surface area contributed by atoms with Gasteiger partial charge in [-0.15, -0.1) is 0 Å². The van der Waals surface area contributed by atoms with Crippen LogP contribution in [-0.2, 0) is 4.79 Å². The number of amides is 2. The van der Waals surface area contributed by atoms with Crippen LogP contribution in [0.4, 0.5) is 4.39 Å². The van der Waals surface area contributed by atoms with E-state index in [1.807, 2.05) is 36.4 Å². The SMILES string of the molecule is COc1ncc(-c2ccc3ncnc(-c4cccc(C(=O)N5CCN(C(C)=O)CC5)c4)c3c2)cc1F. The third-order valence-electron chi connectivity index (χ3n) is 6.36. The summed E-state index contributed by atoms with van der Waals surface area (Å²) >= 11 is 0. The minimum Gasteiger partial charge on any atom is -0.479 e. The van der Waals surface area contributed by atoms with E-state index in [4.69, 9.17) is 4.74 Å². The quantitative estimate of drug-likeness (QED) is 0.437. The number of methoxy groups -OCH3 is 1. The number of nitrogens with zero attached hydrogens (tertiary/aromatic N) is 5. The summed E-state index contributed by atoms with van der Waals surface area (Å²) < 4.78 is 19.2. The van der Waals surface area contributed by atoms with E-state index in [9.17, 15) is 14.0 Å². The summed E-state index contributed by atoms with van der Waals surface area (Å²) in [6.45, 7) is 3.59. The number of benzene rings is 2. The molecule has 2 aromatic heterocycles. The molecular weight excluding hydrogens is 461 g/mol. The predicted molar refractivity (Wildman–Crippen MR) is 133 cm³/mol. The van der Waals surface area contributed by atoms with Gasteiger partial charge in [-0.2, -0.15) is 0 Å². The highest BCUT2D eigenvalue weighted by atomic mass is 19.1. The van der Waals surface area contributed by atoms with Crippen LogP contribution in [0.15, 0.2) is 61.1 Å². The topological polar surface area (TPSA) is 88.5 Å². The molecule has 36 heavy (non-hydrogen) atoms.